The summed E-state index contributed by atoms with van der Waals surface area (Å²) in [5, 5.41) is 27.3. The molecular weight excluding hydrogens is 310 g/mol. The summed E-state index contributed by atoms with van der Waals surface area (Å²) in [5.41, 5.74) is 8.90. The standard InChI is InChI=1S/C17H23N3O4/c18-14-1-2-16(20(4-7-22)5-8-23)15(10-14)17-9-13(12-24-17)11-19-3-6-21/h1-2,9-10,21-23H,3-8,12,18H2. The minimum atomic E-state index is -0.0251. The van der Waals surface area contributed by atoms with Crippen LogP contribution in [0, 0.1) is 0 Å². The number of nitrogens with zero attached hydrogens (tertiary/aromatic N) is 2. The first-order chi connectivity index (χ1) is 11.7. The van der Waals surface area contributed by atoms with Gasteiger partial charge in [-0.05, 0) is 30.1 Å². The summed E-state index contributed by atoms with van der Waals surface area (Å²) in [6.07, 6.45) is 1.83. The Morgan fingerprint density at radius 3 is 2.58 bits per heavy atom. The Kier molecular flexibility index (Phi) is 6.84. The molecule has 0 unspecified atom stereocenters. The maximum absolute atomic E-state index is 9.26. The van der Waals surface area contributed by atoms with Crippen LogP contribution in [0.25, 0.3) is 5.76 Å². The minimum Gasteiger partial charge on any atom is -0.487 e. The van der Waals surface area contributed by atoms with Crippen molar-refractivity contribution in [2.75, 3.05) is 56.7 Å². The highest BCUT2D eigenvalue weighted by atomic mass is 16.5. The number of hydrogen-bond acceptors (Lipinski definition) is 7. The van der Waals surface area contributed by atoms with E-state index in [1.807, 2.05) is 17.0 Å². The second kappa shape index (κ2) is 9.10. The Hall–Kier alpha value is -2.31. The van der Waals surface area contributed by atoms with Crippen LogP contribution in [-0.4, -0.2) is 67.3 Å². The number of aliphatic hydroxyl groups is 3. The quantitative estimate of drug-likeness (QED) is 0.394. The Labute approximate surface area is 141 Å². The van der Waals surface area contributed by atoms with Gasteiger partial charge in [0.05, 0.1) is 31.9 Å². The van der Waals surface area contributed by atoms with Gasteiger partial charge in [0, 0.05) is 30.0 Å². The smallest absolute Gasteiger partial charge is 0.130 e. The number of aliphatic imine (C=N–C) groups is 1. The van der Waals surface area contributed by atoms with Crippen molar-refractivity contribution in [2.45, 2.75) is 0 Å². The Bertz CT molecular complexity index is 645. The highest BCUT2D eigenvalue weighted by Gasteiger charge is 2.19. The van der Waals surface area contributed by atoms with Crippen molar-refractivity contribution in [2.24, 2.45) is 4.99 Å². The van der Waals surface area contributed by atoms with Gasteiger partial charge < -0.3 is 30.7 Å². The zero-order valence-electron chi connectivity index (χ0n) is 13.5. The maximum Gasteiger partial charge on any atom is 0.130 e. The number of anilines is 2. The first kappa shape index (κ1) is 18.0. The predicted molar refractivity (Wildman–Crippen MR) is 94.1 cm³/mol. The van der Waals surface area contributed by atoms with E-state index in [1.54, 1.807) is 12.1 Å². The molecular formula is C17H23N3O4. The summed E-state index contributed by atoms with van der Waals surface area (Å²) in [7, 11) is 0. The number of nitrogens with two attached hydrogens (primary N) is 1. The van der Waals surface area contributed by atoms with Crippen LogP contribution < -0.4 is 10.6 Å². The zero-order chi connectivity index (χ0) is 17.4. The van der Waals surface area contributed by atoms with Crippen molar-refractivity contribution >= 4 is 23.0 Å². The van der Waals surface area contributed by atoms with Crippen LogP contribution in [0.5, 0.6) is 0 Å². The second-order valence-electron chi connectivity index (χ2n) is 5.25. The molecule has 0 saturated heterocycles. The molecule has 0 amide bonds. The van der Waals surface area contributed by atoms with Crippen molar-refractivity contribution < 1.29 is 20.1 Å². The monoisotopic (exact) mass is 333 g/mol. The summed E-state index contributed by atoms with van der Waals surface area (Å²) in [4.78, 5) is 5.85. The summed E-state index contributed by atoms with van der Waals surface area (Å²) in [6, 6.07) is 5.42. The molecule has 0 fully saturated rings. The van der Waals surface area contributed by atoms with Gasteiger partial charge in [-0.3, -0.25) is 0 Å². The first-order valence-electron chi connectivity index (χ1n) is 7.79. The molecule has 1 aliphatic heterocycles. The van der Waals surface area contributed by atoms with E-state index in [9.17, 15) is 10.2 Å². The van der Waals surface area contributed by atoms with Crippen LogP contribution in [0.3, 0.4) is 0 Å². The van der Waals surface area contributed by atoms with E-state index in [0.717, 1.165) is 16.8 Å². The topological polar surface area (TPSA) is 112 Å². The van der Waals surface area contributed by atoms with Crippen LogP contribution in [-0.2, 0) is 4.74 Å². The minimum absolute atomic E-state index is 0.0195. The number of aliphatic hydroxyl groups excluding tert-OH is 3. The number of hydrogen-bond donors (Lipinski definition) is 4. The highest BCUT2D eigenvalue weighted by Crippen LogP contribution is 2.33. The summed E-state index contributed by atoms with van der Waals surface area (Å²) >= 11 is 0. The van der Waals surface area contributed by atoms with Crippen LogP contribution in [0.1, 0.15) is 5.56 Å². The van der Waals surface area contributed by atoms with E-state index >= 15 is 0 Å². The molecule has 0 spiro atoms. The molecule has 0 radical (unpaired) electrons. The molecule has 130 valence electrons. The molecule has 24 heavy (non-hydrogen) atoms. The fraction of sp³-hybridized carbons (Fsp3) is 0.412. The predicted octanol–water partition coefficient (Wildman–Crippen LogP) is 0.0193. The Morgan fingerprint density at radius 1 is 1.17 bits per heavy atom. The van der Waals surface area contributed by atoms with E-state index in [2.05, 4.69) is 10.9 Å². The third-order valence-corrected chi connectivity index (χ3v) is 3.49. The maximum atomic E-state index is 9.26. The van der Waals surface area contributed by atoms with Gasteiger partial charge in [0.1, 0.15) is 12.4 Å². The lowest BCUT2D eigenvalue weighted by Crippen LogP contribution is -2.30. The third-order valence-electron chi connectivity index (χ3n) is 3.49. The normalized spacial score (nSPS) is 13.3. The van der Waals surface area contributed by atoms with E-state index in [4.69, 9.17) is 15.6 Å². The molecule has 1 aliphatic rings. The van der Waals surface area contributed by atoms with Gasteiger partial charge in [0.2, 0.25) is 0 Å². The van der Waals surface area contributed by atoms with Crippen LogP contribution >= 0.6 is 0 Å². The summed E-state index contributed by atoms with van der Waals surface area (Å²) < 4.78 is 5.72. The summed E-state index contributed by atoms with van der Waals surface area (Å²) in [6.45, 7) is 1.37. The molecule has 5 N–H and O–H groups in total. The SMILES string of the molecule is Nc1ccc(N(CCO)CCO)c(C2=CC(=C=NCCO)CO2)c1. The first-order valence-corrected chi connectivity index (χ1v) is 7.79. The van der Waals surface area contributed by atoms with E-state index in [-0.39, 0.29) is 19.8 Å². The lowest BCUT2D eigenvalue weighted by molar-refractivity contribution is 0.281. The molecule has 0 bridgehead atoms. The Balaban J connectivity index is 2.37. The summed E-state index contributed by atoms with van der Waals surface area (Å²) in [5.74, 6) is 3.49. The Morgan fingerprint density at radius 2 is 1.92 bits per heavy atom. The fourth-order valence-electron chi connectivity index (χ4n) is 2.45. The van der Waals surface area contributed by atoms with Crippen molar-refractivity contribution in [3.05, 3.63) is 35.4 Å². The molecule has 7 heteroatoms. The van der Waals surface area contributed by atoms with Crippen LogP contribution in [0.4, 0.5) is 11.4 Å². The van der Waals surface area contributed by atoms with Crippen molar-refractivity contribution in [1.29, 1.82) is 0 Å². The molecule has 0 aliphatic carbocycles. The molecule has 0 aromatic heterocycles. The van der Waals surface area contributed by atoms with Crippen molar-refractivity contribution in [3.8, 4) is 0 Å². The lowest BCUT2D eigenvalue weighted by atomic mass is 10.1. The van der Waals surface area contributed by atoms with Gasteiger partial charge in [-0.25, -0.2) is 4.99 Å². The molecule has 2 rings (SSSR count). The average Bonchev–Trinajstić information content (AvgIpc) is 3.04. The number of rotatable bonds is 8. The third kappa shape index (κ3) is 4.59. The van der Waals surface area contributed by atoms with Gasteiger partial charge in [-0.2, -0.15) is 0 Å². The van der Waals surface area contributed by atoms with E-state index < -0.39 is 0 Å². The van der Waals surface area contributed by atoms with Gasteiger partial charge >= 0.3 is 0 Å². The number of benzene rings is 1. The zero-order valence-corrected chi connectivity index (χ0v) is 13.5. The van der Waals surface area contributed by atoms with E-state index in [0.29, 0.717) is 37.7 Å². The van der Waals surface area contributed by atoms with Crippen molar-refractivity contribution in [1.82, 2.24) is 0 Å². The van der Waals surface area contributed by atoms with Gasteiger partial charge in [-0.1, -0.05) is 0 Å². The molecule has 7 nitrogen and oxygen atoms in total. The number of ether oxygens (including phenoxy) is 1. The average molecular weight is 333 g/mol. The van der Waals surface area contributed by atoms with E-state index in [1.165, 1.54) is 0 Å². The lowest BCUT2D eigenvalue weighted by Gasteiger charge is -2.26. The van der Waals surface area contributed by atoms with Crippen LogP contribution in [0.2, 0.25) is 0 Å². The van der Waals surface area contributed by atoms with Gasteiger partial charge in [0.25, 0.3) is 0 Å². The second-order valence-corrected chi connectivity index (χ2v) is 5.25. The van der Waals surface area contributed by atoms with Crippen molar-refractivity contribution in [3.63, 3.8) is 0 Å². The molecule has 1 heterocycles. The number of nitrogen functional groups attached to an aromatic ring is 1. The molecule has 1 aromatic rings. The largest absolute Gasteiger partial charge is 0.487 e. The van der Waals surface area contributed by atoms with Crippen LogP contribution in [0.15, 0.2) is 34.8 Å². The fourth-order valence-corrected chi connectivity index (χ4v) is 2.45. The molecule has 0 atom stereocenters. The molecule has 0 saturated carbocycles. The van der Waals surface area contributed by atoms with Gasteiger partial charge in [-0.15, -0.1) is 0 Å². The highest BCUT2D eigenvalue weighted by molar-refractivity contribution is 5.81. The molecule has 1 aromatic carbocycles. The van der Waals surface area contributed by atoms with Gasteiger partial charge in [0.15, 0.2) is 0 Å².